The zero-order chi connectivity index (χ0) is 15.0. The molecular weight excluding hydrogens is 284 g/mol. The third-order valence-electron chi connectivity index (χ3n) is 4.01. The number of nitrogens with one attached hydrogen (secondary N) is 1. The van der Waals surface area contributed by atoms with Crippen LogP contribution in [0.5, 0.6) is 0 Å². The first-order chi connectivity index (χ1) is 10.1. The summed E-state index contributed by atoms with van der Waals surface area (Å²) in [7, 11) is 0. The molecule has 0 aromatic heterocycles. The van der Waals surface area contributed by atoms with E-state index in [1.54, 1.807) is 0 Å². The number of benzene rings is 2. The first kappa shape index (κ1) is 14.1. The maximum absolute atomic E-state index is 12.0. The molecule has 1 aliphatic heterocycles. The fourth-order valence-corrected chi connectivity index (χ4v) is 3.13. The third-order valence-corrected chi connectivity index (χ3v) is 4.31. The van der Waals surface area contributed by atoms with Crippen LogP contribution in [0.3, 0.4) is 0 Å². The second-order valence-corrected chi connectivity index (χ2v) is 5.71. The molecule has 1 aliphatic rings. The molecule has 0 bridgehead atoms. The summed E-state index contributed by atoms with van der Waals surface area (Å²) in [6.07, 6.45) is 0.749. The number of hydrogen-bond donors (Lipinski definition) is 2. The van der Waals surface area contributed by atoms with Gasteiger partial charge in [-0.3, -0.25) is 4.79 Å². The lowest BCUT2D eigenvalue weighted by atomic mass is 9.92. The zero-order valence-corrected chi connectivity index (χ0v) is 12.5. The lowest BCUT2D eigenvalue weighted by Crippen LogP contribution is -2.12. The highest BCUT2D eigenvalue weighted by Crippen LogP contribution is 2.41. The highest BCUT2D eigenvalue weighted by atomic mass is 35.5. The van der Waals surface area contributed by atoms with E-state index < -0.39 is 0 Å². The number of hydrogen-bond acceptors (Lipinski definition) is 2. The minimum absolute atomic E-state index is 0.0137. The van der Waals surface area contributed by atoms with Crippen molar-refractivity contribution in [3.05, 3.63) is 64.2 Å². The fourth-order valence-electron chi connectivity index (χ4n) is 2.85. The van der Waals surface area contributed by atoms with Crippen LogP contribution in [0.4, 0.5) is 5.69 Å². The van der Waals surface area contributed by atoms with E-state index in [1.165, 1.54) is 0 Å². The first-order valence-corrected chi connectivity index (χ1v) is 7.44. The number of anilines is 1. The van der Waals surface area contributed by atoms with Crippen LogP contribution >= 0.6 is 11.6 Å². The van der Waals surface area contributed by atoms with E-state index in [4.69, 9.17) is 17.3 Å². The van der Waals surface area contributed by atoms with Crippen molar-refractivity contribution in [1.29, 1.82) is 0 Å². The quantitative estimate of drug-likeness (QED) is 0.905. The molecule has 21 heavy (non-hydrogen) atoms. The Morgan fingerprint density at radius 1 is 1.24 bits per heavy atom. The molecule has 3 N–H and O–H groups in total. The van der Waals surface area contributed by atoms with Gasteiger partial charge >= 0.3 is 0 Å². The van der Waals surface area contributed by atoms with Crippen LogP contribution in [0, 0.1) is 0 Å². The van der Waals surface area contributed by atoms with E-state index in [-0.39, 0.29) is 17.9 Å². The van der Waals surface area contributed by atoms with Gasteiger partial charge in [0.15, 0.2) is 0 Å². The second kappa shape index (κ2) is 5.51. The molecular formula is C17H17ClN2O. The van der Waals surface area contributed by atoms with Gasteiger partial charge in [0.2, 0.25) is 5.91 Å². The average Bonchev–Trinajstić information content (AvgIpc) is 2.83. The number of amides is 1. The largest absolute Gasteiger partial charge is 0.324 e. The molecule has 0 saturated heterocycles. The van der Waals surface area contributed by atoms with Crippen LogP contribution in [0.15, 0.2) is 42.5 Å². The molecule has 2 atom stereocenters. The van der Waals surface area contributed by atoms with E-state index in [2.05, 4.69) is 5.32 Å². The standard InChI is InChI=1S/C17H17ClN2O/c1-2-12-13-8-11(9-14(18)16(13)20-17(12)21)15(19)10-6-4-3-5-7-10/h3-9,12,15H,2,19H2,1H3,(H,20,21). The summed E-state index contributed by atoms with van der Waals surface area (Å²) in [4.78, 5) is 12.0. The van der Waals surface area contributed by atoms with E-state index in [9.17, 15) is 4.79 Å². The van der Waals surface area contributed by atoms with Gasteiger partial charge in [-0.15, -0.1) is 0 Å². The topological polar surface area (TPSA) is 55.1 Å². The first-order valence-electron chi connectivity index (χ1n) is 7.06. The Balaban J connectivity index is 2.05. The third kappa shape index (κ3) is 2.43. The van der Waals surface area contributed by atoms with Crippen LogP contribution in [0.1, 0.15) is 42.0 Å². The SMILES string of the molecule is CCC1C(=O)Nc2c(Cl)cc(C(N)c3ccccc3)cc21. The van der Waals surface area contributed by atoms with Crippen molar-refractivity contribution in [2.45, 2.75) is 25.3 Å². The predicted molar refractivity (Wildman–Crippen MR) is 85.6 cm³/mol. The van der Waals surface area contributed by atoms with Crippen LogP contribution in [0.25, 0.3) is 0 Å². The van der Waals surface area contributed by atoms with Crippen LogP contribution < -0.4 is 11.1 Å². The maximum Gasteiger partial charge on any atom is 0.232 e. The summed E-state index contributed by atoms with van der Waals surface area (Å²) in [5.41, 5.74) is 9.98. The number of rotatable bonds is 3. The zero-order valence-electron chi connectivity index (χ0n) is 11.8. The highest BCUT2D eigenvalue weighted by molar-refractivity contribution is 6.34. The number of halogens is 1. The van der Waals surface area contributed by atoms with E-state index >= 15 is 0 Å². The van der Waals surface area contributed by atoms with Crippen LogP contribution in [0.2, 0.25) is 5.02 Å². The summed E-state index contributed by atoms with van der Waals surface area (Å²) < 4.78 is 0. The minimum atomic E-state index is -0.248. The summed E-state index contributed by atoms with van der Waals surface area (Å²) >= 11 is 6.32. The lowest BCUT2D eigenvalue weighted by molar-refractivity contribution is -0.117. The molecule has 3 rings (SSSR count). The Hall–Kier alpha value is -1.84. The Bertz CT molecular complexity index is 685. The van der Waals surface area contributed by atoms with Gasteiger partial charge in [-0.25, -0.2) is 0 Å². The summed E-state index contributed by atoms with van der Waals surface area (Å²) in [6, 6.07) is 13.5. The van der Waals surface area contributed by atoms with Gasteiger partial charge in [-0.2, -0.15) is 0 Å². The Morgan fingerprint density at radius 3 is 2.62 bits per heavy atom. The van der Waals surface area contributed by atoms with Gasteiger partial charge in [-0.1, -0.05) is 54.9 Å². The van der Waals surface area contributed by atoms with Crippen molar-refractivity contribution in [2.75, 3.05) is 5.32 Å². The van der Waals surface area contributed by atoms with Gasteiger partial charge in [0.05, 0.1) is 22.7 Å². The lowest BCUT2D eigenvalue weighted by Gasteiger charge is -2.16. The molecule has 0 aliphatic carbocycles. The summed E-state index contributed by atoms with van der Waals surface area (Å²) in [5.74, 6) is -0.125. The summed E-state index contributed by atoms with van der Waals surface area (Å²) in [5, 5.41) is 3.41. The second-order valence-electron chi connectivity index (χ2n) is 5.31. The van der Waals surface area contributed by atoms with E-state index in [0.717, 1.165) is 28.8 Å². The monoisotopic (exact) mass is 300 g/mol. The molecule has 2 aromatic carbocycles. The smallest absolute Gasteiger partial charge is 0.232 e. The van der Waals surface area contributed by atoms with Crippen LogP contribution in [-0.2, 0) is 4.79 Å². The van der Waals surface area contributed by atoms with Gasteiger partial charge in [-0.05, 0) is 29.2 Å². The Labute approximate surface area is 129 Å². The molecule has 0 fully saturated rings. The number of carbonyl (C=O) groups is 1. The van der Waals surface area contributed by atoms with Crippen molar-refractivity contribution in [3.63, 3.8) is 0 Å². The molecule has 3 nitrogen and oxygen atoms in total. The molecule has 4 heteroatoms. The molecule has 2 unspecified atom stereocenters. The Kier molecular flexibility index (Phi) is 3.70. The van der Waals surface area contributed by atoms with Crippen molar-refractivity contribution in [1.82, 2.24) is 0 Å². The van der Waals surface area contributed by atoms with Crippen molar-refractivity contribution >= 4 is 23.2 Å². The van der Waals surface area contributed by atoms with Crippen LogP contribution in [-0.4, -0.2) is 5.91 Å². The number of carbonyl (C=O) groups excluding carboxylic acids is 1. The highest BCUT2D eigenvalue weighted by Gasteiger charge is 2.31. The number of fused-ring (bicyclic) bond motifs is 1. The molecule has 2 aromatic rings. The molecule has 0 saturated carbocycles. The normalized spacial score (nSPS) is 18.2. The number of nitrogens with two attached hydrogens (primary N) is 1. The van der Waals surface area contributed by atoms with Gasteiger partial charge in [0, 0.05) is 0 Å². The van der Waals surface area contributed by atoms with Crippen molar-refractivity contribution < 1.29 is 4.79 Å². The van der Waals surface area contributed by atoms with E-state index in [1.807, 2.05) is 49.4 Å². The van der Waals surface area contributed by atoms with E-state index in [0.29, 0.717) is 5.02 Å². The molecule has 1 amide bonds. The predicted octanol–water partition coefficient (Wildman–Crippen LogP) is 3.83. The Morgan fingerprint density at radius 2 is 1.95 bits per heavy atom. The molecule has 0 spiro atoms. The average molecular weight is 301 g/mol. The van der Waals surface area contributed by atoms with Crippen molar-refractivity contribution in [3.8, 4) is 0 Å². The summed E-state index contributed by atoms with van der Waals surface area (Å²) in [6.45, 7) is 2.00. The molecule has 108 valence electrons. The van der Waals surface area contributed by atoms with Crippen molar-refractivity contribution in [2.24, 2.45) is 5.73 Å². The molecule has 0 radical (unpaired) electrons. The molecule has 1 heterocycles. The van der Waals surface area contributed by atoms with Gasteiger partial charge in [0.1, 0.15) is 0 Å². The van der Waals surface area contributed by atoms with Gasteiger partial charge in [0.25, 0.3) is 0 Å². The van der Waals surface area contributed by atoms with Gasteiger partial charge < -0.3 is 11.1 Å². The fraction of sp³-hybridized carbons (Fsp3) is 0.235. The maximum atomic E-state index is 12.0. The minimum Gasteiger partial charge on any atom is -0.324 e.